The van der Waals surface area contributed by atoms with Crippen LogP contribution in [0.5, 0.6) is 0 Å². The molecule has 1 N–H and O–H groups in total. The molecular formula is C7H10F5O. The molecule has 0 aromatic heterocycles. The molecule has 1 nitrogen and oxygen atoms in total. The van der Waals surface area contributed by atoms with Gasteiger partial charge in [-0.1, -0.05) is 6.92 Å². The van der Waals surface area contributed by atoms with Gasteiger partial charge in [0.05, 0.1) is 6.10 Å². The van der Waals surface area contributed by atoms with E-state index in [-0.39, 0.29) is 6.42 Å². The fourth-order valence-corrected chi connectivity index (χ4v) is 0.634. The van der Waals surface area contributed by atoms with Gasteiger partial charge in [0.15, 0.2) is 0 Å². The van der Waals surface area contributed by atoms with Crippen molar-refractivity contribution in [1.29, 1.82) is 0 Å². The quantitative estimate of drug-likeness (QED) is 0.699. The van der Waals surface area contributed by atoms with E-state index in [1.165, 1.54) is 0 Å². The van der Waals surface area contributed by atoms with Crippen LogP contribution in [0.2, 0.25) is 0 Å². The van der Waals surface area contributed by atoms with Crippen molar-refractivity contribution >= 4 is 0 Å². The summed E-state index contributed by atoms with van der Waals surface area (Å²) < 4.78 is 59.0. The lowest BCUT2D eigenvalue weighted by Gasteiger charge is -2.20. The van der Waals surface area contributed by atoms with Crippen LogP contribution in [0.1, 0.15) is 19.3 Å². The zero-order valence-electron chi connectivity index (χ0n) is 6.74. The van der Waals surface area contributed by atoms with Crippen LogP contribution in [-0.2, 0) is 0 Å². The minimum absolute atomic E-state index is 0.0755. The second-order valence-corrected chi connectivity index (χ2v) is 2.68. The summed E-state index contributed by atoms with van der Waals surface area (Å²) in [4.78, 5) is 0. The molecule has 0 spiro atoms. The predicted molar refractivity (Wildman–Crippen MR) is 36.2 cm³/mol. The first-order chi connectivity index (χ1) is 5.70. The van der Waals surface area contributed by atoms with Crippen molar-refractivity contribution in [1.82, 2.24) is 0 Å². The summed E-state index contributed by atoms with van der Waals surface area (Å²) in [6, 6.07) is 0. The molecular weight excluding hydrogens is 195 g/mol. The Bertz CT molecular complexity index is 153. The first-order valence-electron chi connectivity index (χ1n) is 3.62. The third kappa shape index (κ3) is 3.89. The van der Waals surface area contributed by atoms with Gasteiger partial charge in [0.2, 0.25) is 0 Å². The Kier molecular flexibility index (Phi) is 4.09. The second kappa shape index (κ2) is 4.21. The van der Waals surface area contributed by atoms with Gasteiger partial charge in [-0.2, -0.15) is 22.0 Å². The molecule has 79 valence electrons. The Morgan fingerprint density at radius 3 is 1.92 bits per heavy atom. The highest BCUT2D eigenvalue weighted by atomic mass is 19.4. The molecule has 1 unspecified atom stereocenters. The van der Waals surface area contributed by atoms with Gasteiger partial charge in [0.1, 0.15) is 0 Å². The van der Waals surface area contributed by atoms with Crippen molar-refractivity contribution in [2.24, 2.45) is 0 Å². The summed E-state index contributed by atoms with van der Waals surface area (Å²) in [7, 11) is 0. The van der Waals surface area contributed by atoms with E-state index in [4.69, 9.17) is 5.11 Å². The maximum atomic E-state index is 12.2. The Labute approximate surface area is 72.6 Å². The molecule has 0 aliphatic heterocycles. The van der Waals surface area contributed by atoms with Crippen LogP contribution in [0, 0.1) is 6.92 Å². The molecule has 6 heteroatoms. The summed E-state index contributed by atoms with van der Waals surface area (Å²) in [5.74, 6) is -4.72. The number of hydrogen-bond acceptors (Lipinski definition) is 1. The molecule has 0 saturated carbocycles. The first-order valence-corrected chi connectivity index (χ1v) is 3.62. The molecule has 0 amide bonds. The van der Waals surface area contributed by atoms with E-state index in [0.29, 0.717) is 0 Å². The maximum Gasteiger partial charge on any atom is 0.453 e. The van der Waals surface area contributed by atoms with Gasteiger partial charge in [-0.25, -0.2) is 0 Å². The Balaban J connectivity index is 4.04. The molecule has 0 bridgehead atoms. The van der Waals surface area contributed by atoms with Crippen molar-refractivity contribution in [2.45, 2.75) is 37.5 Å². The molecule has 0 saturated heterocycles. The van der Waals surface area contributed by atoms with Crippen LogP contribution in [0.15, 0.2) is 0 Å². The fourth-order valence-electron chi connectivity index (χ4n) is 0.634. The highest BCUT2D eigenvalue weighted by Gasteiger charge is 2.56. The molecule has 13 heavy (non-hydrogen) atoms. The smallest absolute Gasteiger partial charge is 0.393 e. The number of halogens is 5. The fraction of sp³-hybridized carbons (Fsp3) is 0.857. The van der Waals surface area contributed by atoms with E-state index in [2.05, 4.69) is 6.92 Å². The van der Waals surface area contributed by atoms with Gasteiger partial charge in [-0.05, 0) is 12.8 Å². The van der Waals surface area contributed by atoms with E-state index in [1.807, 2.05) is 0 Å². The van der Waals surface area contributed by atoms with Gasteiger partial charge in [-0.3, -0.25) is 0 Å². The van der Waals surface area contributed by atoms with E-state index in [0.717, 1.165) is 0 Å². The molecule has 0 aliphatic rings. The SMILES string of the molecule is [CH2]CC(O)CCC(F)(F)C(F)(F)F. The van der Waals surface area contributed by atoms with Crippen molar-refractivity contribution in [3.05, 3.63) is 6.92 Å². The normalized spacial score (nSPS) is 15.9. The number of rotatable bonds is 4. The van der Waals surface area contributed by atoms with E-state index in [9.17, 15) is 22.0 Å². The molecule has 1 radical (unpaired) electrons. The van der Waals surface area contributed by atoms with E-state index >= 15 is 0 Å². The van der Waals surface area contributed by atoms with Gasteiger partial charge >= 0.3 is 12.1 Å². The van der Waals surface area contributed by atoms with Crippen molar-refractivity contribution in [3.63, 3.8) is 0 Å². The Morgan fingerprint density at radius 1 is 1.15 bits per heavy atom. The minimum Gasteiger partial charge on any atom is -0.393 e. The second-order valence-electron chi connectivity index (χ2n) is 2.68. The lowest BCUT2D eigenvalue weighted by Crippen LogP contribution is -2.37. The zero-order chi connectivity index (χ0) is 10.7. The van der Waals surface area contributed by atoms with Gasteiger partial charge < -0.3 is 5.11 Å². The highest BCUT2D eigenvalue weighted by Crippen LogP contribution is 2.39. The summed E-state index contributed by atoms with van der Waals surface area (Å²) in [6.07, 6.45) is -8.81. The molecule has 0 aromatic carbocycles. The lowest BCUT2D eigenvalue weighted by atomic mass is 10.1. The maximum absolute atomic E-state index is 12.2. The summed E-state index contributed by atoms with van der Waals surface area (Å²) in [5.41, 5.74) is 0. The third-order valence-electron chi connectivity index (χ3n) is 1.54. The molecule has 0 heterocycles. The van der Waals surface area contributed by atoms with Crippen LogP contribution in [0.25, 0.3) is 0 Å². The van der Waals surface area contributed by atoms with Gasteiger partial charge in [0.25, 0.3) is 0 Å². The number of hydrogen-bond donors (Lipinski definition) is 1. The minimum atomic E-state index is -5.53. The molecule has 0 aromatic rings. The first kappa shape index (κ1) is 12.6. The standard InChI is InChI=1S/C7H10F5O/c1-2-5(13)3-4-6(8,9)7(10,11)12/h5,13H,1-4H2. The Hall–Kier alpha value is -0.390. The Morgan fingerprint density at radius 2 is 1.62 bits per heavy atom. The van der Waals surface area contributed by atoms with Crippen molar-refractivity contribution in [2.75, 3.05) is 0 Å². The molecule has 0 aliphatic carbocycles. The molecule has 1 atom stereocenters. The third-order valence-corrected chi connectivity index (χ3v) is 1.54. The number of aliphatic hydroxyl groups excluding tert-OH is 1. The van der Waals surface area contributed by atoms with Crippen LogP contribution in [0.4, 0.5) is 22.0 Å². The molecule has 0 fully saturated rings. The molecule has 0 rings (SSSR count). The monoisotopic (exact) mass is 205 g/mol. The van der Waals surface area contributed by atoms with Crippen LogP contribution in [-0.4, -0.2) is 23.3 Å². The van der Waals surface area contributed by atoms with Crippen molar-refractivity contribution in [3.8, 4) is 0 Å². The average Bonchev–Trinajstić information content (AvgIpc) is 1.98. The highest BCUT2D eigenvalue weighted by molar-refractivity contribution is 4.77. The summed E-state index contributed by atoms with van der Waals surface area (Å²) in [5, 5.41) is 8.72. The number of alkyl halides is 5. The van der Waals surface area contributed by atoms with Gasteiger partial charge in [0, 0.05) is 6.42 Å². The van der Waals surface area contributed by atoms with E-state index in [1.54, 1.807) is 0 Å². The van der Waals surface area contributed by atoms with Crippen molar-refractivity contribution < 1.29 is 27.1 Å². The lowest BCUT2D eigenvalue weighted by molar-refractivity contribution is -0.285. The summed E-state index contributed by atoms with van der Waals surface area (Å²) in [6.45, 7) is 3.17. The van der Waals surface area contributed by atoms with Crippen LogP contribution >= 0.6 is 0 Å². The summed E-state index contributed by atoms with van der Waals surface area (Å²) >= 11 is 0. The topological polar surface area (TPSA) is 20.2 Å². The van der Waals surface area contributed by atoms with E-state index < -0.39 is 31.0 Å². The average molecular weight is 205 g/mol. The van der Waals surface area contributed by atoms with Gasteiger partial charge in [-0.15, -0.1) is 0 Å². The number of aliphatic hydroxyl groups is 1. The largest absolute Gasteiger partial charge is 0.453 e. The zero-order valence-corrected chi connectivity index (χ0v) is 6.74. The van der Waals surface area contributed by atoms with Crippen LogP contribution in [0.3, 0.4) is 0 Å². The predicted octanol–water partition coefficient (Wildman–Crippen LogP) is 2.55. The van der Waals surface area contributed by atoms with Crippen LogP contribution < -0.4 is 0 Å².